The molecule has 2 aliphatic rings. The minimum Gasteiger partial charge on any atom is -0.392 e. The van der Waals surface area contributed by atoms with Gasteiger partial charge in [-0.25, -0.2) is 9.37 Å². The van der Waals surface area contributed by atoms with Crippen molar-refractivity contribution in [3.8, 4) is 11.3 Å². The van der Waals surface area contributed by atoms with E-state index in [1.165, 1.54) is 17.7 Å². The minimum atomic E-state index is -0.358. The van der Waals surface area contributed by atoms with Crippen LogP contribution in [0.2, 0.25) is 0 Å². The van der Waals surface area contributed by atoms with Gasteiger partial charge in [-0.05, 0) is 61.9 Å². The summed E-state index contributed by atoms with van der Waals surface area (Å²) in [4.78, 5) is 4.61. The zero-order valence-electron chi connectivity index (χ0n) is 15.2. The van der Waals surface area contributed by atoms with Gasteiger partial charge in [0.1, 0.15) is 5.82 Å². The van der Waals surface area contributed by atoms with Crippen molar-refractivity contribution >= 4 is 6.08 Å². The summed E-state index contributed by atoms with van der Waals surface area (Å²) < 4.78 is 15.4. The maximum absolute atomic E-state index is 13.3. The van der Waals surface area contributed by atoms with Crippen LogP contribution in [0, 0.1) is 17.2 Å². The number of halogens is 1. The highest BCUT2D eigenvalue weighted by molar-refractivity contribution is 5.72. The fourth-order valence-corrected chi connectivity index (χ4v) is 4.78. The third-order valence-corrected chi connectivity index (χ3v) is 6.19. The van der Waals surface area contributed by atoms with Crippen LogP contribution in [0.25, 0.3) is 17.3 Å². The molecular formula is C22H25FN2O. The summed E-state index contributed by atoms with van der Waals surface area (Å²) in [5, 5.41) is 10.7. The molecule has 1 aromatic carbocycles. The summed E-state index contributed by atoms with van der Waals surface area (Å²) in [6, 6.07) is 6.51. The average molecular weight is 352 g/mol. The molecule has 0 amide bonds. The molecule has 0 spiro atoms. The number of fused-ring (bicyclic) bond motifs is 2. The van der Waals surface area contributed by atoms with E-state index in [0.717, 1.165) is 42.8 Å². The van der Waals surface area contributed by atoms with E-state index in [4.69, 9.17) is 0 Å². The van der Waals surface area contributed by atoms with Gasteiger partial charge in [-0.3, -0.25) is 0 Å². The van der Waals surface area contributed by atoms with Crippen molar-refractivity contribution in [2.24, 2.45) is 11.3 Å². The zero-order chi connectivity index (χ0) is 18.3. The topological polar surface area (TPSA) is 38.1 Å². The summed E-state index contributed by atoms with van der Waals surface area (Å²) in [5.41, 5.74) is 4.25. The molecule has 1 aromatic heterocycles. The zero-order valence-corrected chi connectivity index (χ0v) is 15.2. The second-order valence-corrected chi connectivity index (χ2v) is 7.79. The molecule has 1 saturated carbocycles. The molecule has 1 aliphatic heterocycles. The Labute approximate surface area is 153 Å². The predicted octanol–water partition coefficient (Wildman–Crippen LogP) is 4.83. The van der Waals surface area contributed by atoms with Gasteiger partial charge < -0.3 is 9.67 Å². The molecule has 1 fully saturated rings. The molecule has 1 aliphatic carbocycles. The van der Waals surface area contributed by atoms with E-state index >= 15 is 0 Å². The first kappa shape index (κ1) is 17.2. The quantitative estimate of drug-likeness (QED) is 0.801. The molecule has 2 aromatic rings. The first-order valence-corrected chi connectivity index (χ1v) is 9.34. The molecule has 4 heteroatoms. The van der Waals surface area contributed by atoms with Crippen molar-refractivity contribution in [1.82, 2.24) is 9.55 Å². The highest BCUT2D eigenvalue weighted by Gasteiger charge is 2.45. The Morgan fingerprint density at radius 3 is 2.92 bits per heavy atom. The smallest absolute Gasteiger partial charge is 0.123 e. The first-order valence-electron chi connectivity index (χ1n) is 9.34. The van der Waals surface area contributed by atoms with E-state index in [-0.39, 0.29) is 23.3 Å². The van der Waals surface area contributed by atoms with Gasteiger partial charge in [0, 0.05) is 17.5 Å². The van der Waals surface area contributed by atoms with Crippen LogP contribution in [0.4, 0.5) is 4.39 Å². The lowest BCUT2D eigenvalue weighted by atomic mass is 9.61. The third-order valence-electron chi connectivity index (χ3n) is 6.19. The van der Waals surface area contributed by atoms with Crippen molar-refractivity contribution in [3.63, 3.8) is 0 Å². The van der Waals surface area contributed by atoms with Crippen LogP contribution < -0.4 is 0 Å². The Kier molecular flexibility index (Phi) is 4.31. The molecule has 3 nitrogen and oxygen atoms in total. The van der Waals surface area contributed by atoms with Crippen molar-refractivity contribution in [2.45, 2.75) is 45.3 Å². The van der Waals surface area contributed by atoms with E-state index < -0.39 is 0 Å². The van der Waals surface area contributed by atoms with E-state index in [9.17, 15) is 9.50 Å². The monoisotopic (exact) mass is 352 g/mol. The molecule has 0 bridgehead atoms. The fourth-order valence-electron chi connectivity index (χ4n) is 4.78. The summed E-state index contributed by atoms with van der Waals surface area (Å²) in [6.45, 7) is 6.88. The second kappa shape index (κ2) is 6.51. The molecule has 26 heavy (non-hydrogen) atoms. The number of nitrogens with zero attached hydrogens (tertiary/aromatic N) is 2. The molecule has 3 unspecified atom stereocenters. The van der Waals surface area contributed by atoms with Gasteiger partial charge in [0.15, 0.2) is 0 Å². The van der Waals surface area contributed by atoms with Crippen molar-refractivity contribution in [2.75, 3.05) is 0 Å². The Hall–Kier alpha value is -2.20. The SMILES string of the molecule is C=CCC(O)C1CCCC2=Cc3c(-c4ccc(F)cc4)ncn3CC21C. The number of benzene rings is 1. The lowest BCUT2D eigenvalue weighted by molar-refractivity contribution is 0.0158. The number of rotatable bonds is 4. The number of imidazole rings is 1. The molecule has 3 atom stereocenters. The van der Waals surface area contributed by atoms with Crippen LogP contribution >= 0.6 is 0 Å². The van der Waals surface area contributed by atoms with Gasteiger partial charge in [-0.2, -0.15) is 0 Å². The lowest BCUT2D eigenvalue weighted by Crippen LogP contribution is -2.44. The predicted molar refractivity (Wildman–Crippen MR) is 102 cm³/mol. The fraction of sp³-hybridized carbons (Fsp3) is 0.409. The van der Waals surface area contributed by atoms with Crippen LogP contribution in [0.5, 0.6) is 0 Å². The van der Waals surface area contributed by atoms with Gasteiger partial charge in [-0.15, -0.1) is 6.58 Å². The number of aromatic nitrogens is 2. The standard InChI is InChI=1S/C22H25FN2O/c1-3-5-20(26)18-7-4-6-16-12-19-21(15-8-10-17(23)11-9-15)24-14-25(19)13-22(16,18)2/h3,8-12,14,18,20,26H,1,4-7,13H2,2H3. The average Bonchev–Trinajstić information content (AvgIpc) is 3.01. The van der Waals surface area contributed by atoms with E-state index in [1.54, 1.807) is 12.1 Å². The number of hydrogen-bond acceptors (Lipinski definition) is 2. The number of allylic oxidation sites excluding steroid dienone is 1. The Morgan fingerprint density at radius 2 is 2.19 bits per heavy atom. The second-order valence-electron chi connectivity index (χ2n) is 7.79. The highest BCUT2D eigenvalue weighted by atomic mass is 19.1. The van der Waals surface area contributed by atoms with Crippen LogP contribution in [0.15, 0.2) is 48.8 Å². The van der Waals surface area contributed by atoms with Crippen molar-refractivity contribution in [3.05, 3.63) is 60.3 Å². The molecule has 2 heterocycles. The molecule has 136 valence electrons. The molecule has 0 saturated heterocycles. The number of hydrogen-bond donors (Lipinski definition) is 1. The summed E-state index contributed by atoms with van der Waals surface area (Å²) in [5.74, 6) is -0.00981. The molecular weight excluding hydrogens is 327 g/mol. The Balaban J connectivity index is 1.73. The highest BCUT2D eigenvalue weighted by Crippen LogP contribution is 2.51. The van der Waals surface area contributed by atoms with Gasteiger partial charge in [0.05, 0.1) is 23.8 Å². The molecule has 1 N–H and O–H groups in total. The Morgan fingerprint density at radius 1 is 1.42 bits per heavy atom. The van der Waals surface area contributed by atoms with Crippen LogP contribution in [-0.4, -0.2) is 20.8 Å². The van der Waals surface area contributed by atoms with Gasteiger partial charge in [0.25, 0.3) is 0 Å². The van der Waals surface area contributed by atoms with E-state index in [0.29, 0.717) is 6.42 Å². The summed E-state index contributed by atoms with van der Waals surface area (Å²) in [6.07, 6.45) is 9.40. The third kappa shape index (κ3) is 2.73. The molecule has 0 radical (unpaired) electrons. The summed E-state index contributed by atoms with van der Waals surface area (Å²) in [7, 11) is 0. The van der Waals surface area contributed by atoms with E-state index in [1.807, 2.05) is 12.4 Å². The first-order chi connectivity index (χ1) is 12.5. The lowest BCUT2D eigenvalue weighted by Gasteiger charge is -2.48. The maximum Gasteiger partial charge on any atom is 0.123 e. The van der Waals surface area contributed by atoms with Gasteiger partial charge in [-0.1, -0.05) is 18.6 Å². The number of aliphatic hydroxyl groups is 1. The molecule has 4 rings (SSSR count). The van der Waals surface area contributed by atoms with Crippen molar-refractivity contribution < 1.29 is 9.50 Å². The Bertz CT molecular complexity index is 852. The van der Waals surface area contributed by atoms with Crippen LogP contribution in [-0.2, 0) is 6.54 Å². The van der Waals surface area contributed by atoms with E-state index in [2.05, 4.69) is 29.1 Å². The van der Waals surface area contributed by atoms with Gasteiger partial charge >= 0.3 is 0 Å². The minimum absolute atomic E-state index is 0.0611. The van der Waals surface area contributed by atoms with Crippen LogP contribution in [0.1, 0.15) is 38.3 Å². The van der Waals surface area contributed by atoms with Crippen LogP contribution in [0.3, 0.4) is 0 Å². The maximum atomic E-state index is 13.3. The normalized spacial score (nSPS) is 25.8. The van der Waals surface area contributed by atoms with Gasteiger partial charge in [0.2, 0.25) is 0 Å². The summed E-state index contributed by atoms with van der Waals surface area (Å²) >= 11 is 0. The largest absolute Gasteiger partial charge is 0.392 e. The van der Waals surface area contributed by atoms with Crippen molar-refractivity contribution in [1.29, 1.82) is 0 Å². The number of aliphatic hydroxyl groups excluding tert-OH is 1.